The van der Waals surface area contributed by atoms with Crippen LogP contribution in [-0.2, 0) is 16.6 Å². The van der Waals surface area contributed by atoms with Crippen LogP contribution in [0.5, 0.6) is 0 Å². The van der Waals surface area contributed by atoms with E-state index in [1.165, 1.54) is 17.4 Å². The smallest absolute Gasteiger partial charge is 0.242 e. The van der Waals surface area contributed by atoms with Crippen molar-refractivity contribution in [3.8, 4) is 0 Å². The Morgan fingerprint density at radius 3 is 2.84 bits per heavy atom. The van der Waals surface area contributed by atoms with Crippen LogP contribution in [-0.4, -0.2) is 30.6 Å². The molecule has 1 unspecified atom stereocenters. The van der Waals surface area contributed by atoms with Gasteiger partial charge in [-0.1, -0.05) is 0 Å². The minimum Gasteiger partial charge on any atom is -0.391 e. The first kappa shape index (κ1) is 15.8. The van der Waals surface area contributed by atoms with Gasteiger partial charge in [0.05, 0.1) is 10.4 Å². The lowest BCUT2D eigenvalue weighted by atomic mass is 10.1. The molecule has 0 bridgehead atoms. The molecule has 2 heterocycles. The highest BCUT2D eigenvalue weighted by Gasteiger charge is 2.31. The van der Waals surface area contributed by atoms with Crippen molar-refractivity contribution in [3.05, 3.63) is 14.7 Å². The number of hydrogen-bond acceptors (Lipinski definition) is 5. The number of thioether (sulfide) groups is 1. The zero-order valence-electron chi connectivity index (χ0n) is 10.5. The average molecular weight is 386 g/mol. The molecule has 1 aromatic rings. The molecule has 1 aromatic heterocycles. The fourth-order valence-electron chi connectivity index (χ4n) is 1.96. The Morgan fingerprint density at radius 2 is 2.32 bits per heavy atom. The van der Waals surface area contributed by atoms with E-state index in [1.54, 1.807) is 0 Å². The molecule has 0 aliphatic carbocycles. The monoisotopic (exact) mass is 385 g/mol. The lowest BCUT2D eigenvalue weighted by Crippen LogP contribution is -2.36. The minimum atomic E-state index is -3.52. The predicted molar refractivity (Wildman–Crippen MR) is 83.2 cm³/mol. The van der Waals surface area contributed by atoms with Crippen LogP contribution in [0.1, 0.15) is 24.6 Å². The molecule has 1 saturated heterocycles. The summed E-state index contributed by atoms with van der Waals surface area (Å²) in [7, 11) is -3.52. The lowest BCUT2D eigenvalue weighted by molar-refractivity contribution is 0.285. The molecule has 0 saturated carbocycles. The van der Waals surface area contributed by atoms with E-state index < -0.39 is 10.0 Å². The van der Waals surface area contributed by atoms with Crippen LogP contribution in [0.25, 0.3) is 0 Å². The first-order valence-corrected chi connectivity index (χ1v) is 9.97. The molecule has 8 heteroatoms. The van der Waals surface area contributed by atoms with Gasteiger partial charge in [0, 0.05) is 16.2 Å². The summed E-state index contributed by atoms with van der Waals surface area (Å²) in [5.74, 6) is 1.09. The van der Waals surface area contributed by atoms with Gasteiger partial charge < -0.3 is 5.11 Å². The van der Waals surface area contributed by atoms with Crippen molar-refractivity contribution in [2.45, 2.75) is 36.0 Å². The van der Waals surface area contributed by atoms with Gasteiger partial charge in [0.25, 0.3) is 0 Å². The summed E-state index contributed by atoms with van der Waals surface area (Å²) >= 11 is 6.30. The van der Waals surface area contributed by atoms with Gasteiger partial charge in [0.2, 0.25) is 10.0 Å². The second kappa shape index (κ2) is 6.03. The molecule has 0 amide bonds. The normalized spacial score (nSPS) is 23.9. The fraction of sp³-hybridized carbons (Fsp3) is 0.636. The molecular weight excluding hydrogens is 370 g/mol. The van der Waals surface area contributed by atoms with Crippen LogP contribution in [0.2, 0.25) is 0 Å². The molecule has 2 N–H and O–H groups in total. The zero-order valence-corrected chi connectivity index (χ0v) is 14.5. The summed E-state index contributed by atoms with van der Waals surface area (Å²) in [6, 6.07) is 1.52. The molecule has 108 valence electrons. The van der Waals surface area contributed by atoms with Crippen molar-refractivity contribution in [1.29, 1.82) is 0 Å². The Labute approximate surface area is 130 Å². The molecule has 1 atom stereocenters. The highest BCUT2D eigenvalue weighted by molar-refractivity contribution is 9.11. The number of nitrogens with one attached hydrogen (secondary N) is 1. The number of halogens is 1. The SMILES string of the molecule is CC1(CNS(=O)(=O)c2cc(CO)sc2Br)CCCS1. The average Bonchev–Trinajstić information content (AvgIpc) is 2.94. The molecule has 0 radical (unpaired) electrons. The highest BCUT2D eigenvalue weighted by Crippen LogP contribution is 2.38. The summed E-state index contributed by atoms with van der Waals surface area (Å²) in [4.78, 5) is 0.849. The van der Waals surface area contributed by atoms with E-state index in [0.717, 1.165) is 18.6 Å². The third-order valence-electron chi connectivity index (χ3n) is 3.09. The standard InChI is InChI=1S/C11H16BrNO3S3/c1-11(3-2-4-17-11)7-13-19(15,16)9-5-8(6-14)18-10(9)12/h5,13-14H,2-4,6-7H2,1H3. The van der Waals surface area contributed by atoms with Crippen molar-refractivity contribution in [2.24, 2.45) is 0 Å². The van der Waals surface area contributed by atoms with E-state index >= 15 is 0 Å². The Morgan fingerprint density at radius 1 is 1.58 bits per heavy atom. The van der Waals surface area contributed by atoms with Gasteiger partial charge in [-0.25, -0.2) is 13.1 Å². The number of thiophene rings is 1. The number of aliphatic hydroxyl groups is 1. The molecule has 4 nitrogen and oxygen atoms in total. The summed E-state index contributed by atoms with van der Waals surface area (Å²) in [5.41, 5.74) is 0. The van der Waals surface area contributed by atoms with Gasteiger partial charge in [0.1, 0.15) is 4.90 Å². The molecule has 1 fully saturated rings. The predicted octanol–water partition coefficient (Wildman–Crippen LogP) is 2.57. The second-order valence-electron chi connectivity index (χ2n) is 4.74. The van der Waals surface area contributed by atoms with E-state index in [9.17, 15) is 8.42 Å². The van der Waals surface area contributed by atoms with Gasteiger partial charge in [0.15, 0.2) is 0 Å². The second-order valence-corrected chi connectivity index (χ2v) is 10.6. The molecule has 1 aliphatic heterocycles. The van der Waals surface area contributed by atoms with Gasteiger partial charge >= 0.3 is 0 Å². The van der Waals surface area contributed by atoms with Crippen molar-refractivity contribution >= 4 is 49.1 Å². The molecule has 0 aromatic carbocycles. The largest absolute Gasteiger partial charge is 0.391 e. The van der Waals surface area contributed by atoms with Crippen LogP contribution in [0.4, 0.5) is 0 Å². The maximum Gasteiger partial charge on any atom is 0.242 e. The summed E-state index contributed by atoms with van der Waals surface area (Å²) in [5, 5.41) is 9.06. The van der Waals surface area contributed by atoms with Crippen molar-refractivity contribution in [1.82, 2.24) is 4.72 Å². The Hall–Kier alpha value is 0.400. The van der Waals surface area contributed by atoms with E-state index in [1.807, 2.05) is 11.8 Å². The highest BCUT2D eigenvalue weighted by atomic mass is 79.9. The zero-order chi connectivity index (χ0) is 14.1. The van der Waals surface area contributed by atoms with Crippen LogP contribution in [0.3, 0.4) is 0 Å². The third-order valence-corrected chi connectivity index (χ3v) is 8.26. The topological polar surface area (TPSA) is 66.4 Å². The van der Waals surface area contributed by atoms with Crippen LogP contribution in [0.15, 0.2) is 14.7 Å². The molecule has 2 rings (SSSR count). The Balaban J connectivity index is 2.11. The maximum absolute atomic E-state index is 12.3. The first-order valence-electron chi connectivity index (χ1n) is 5.89. The summed E-state index contributed by atoms with van der Waals surface area (Å²) in [6.45, 7) is 2.39. The maximum atomic E-state index is 12.3. The molecule has 1 aliphatic rings. The van der Waals surface area contributed by atoms with E-state index in [4.69, 9.17) is 5.11 Å². The molecular formula is C11H16BrNO3S3. The summed E-state index contributed by atoms with van der Waals surface area (Å²) in [6.07, 6.45) is 2.17. The number of hydrogen-bond donors (Lipinski definition) is 2. The van der Waals surface area contributed by atoms with E-state index in [0.29, 0.717) is 15.2 Å². The third kappa shape index (κ3) is 3.74. The van der Waals surface area contributed by atoms with Crippen LogP contribution >= 0.6 is 39.0 Å². The molecule has 0 spiro atoms. The van der Waals surface area contributed by atoms with Crippen molar-refractivity contribution in [3.63, 3.8) is 0 Å². The number of aliphatic hydroxyl groups excluding tert-OH is 1. The van der Waals surface area contributed by atoms with Crippen LogP contribution in [0, 0.1) is 0 Å². The number of sulfonamides is 1. The Kier molecular flexibility index (Phi) is 5.01. The van der Waals surface area contributed by atoms with Gasteiger partial charge in [-0.15, -0.1) is 11.3 Å². The summed E-state index contributed by atoms with van der Waals surface area (Å²) < 4.78 is 27.7. The van der Waals surface area contributed by atoms with Crippen LogP contribution < -0.4 is 4.72 Å². The quantitative estimate of drug-likeness (QED) is 0.817. The number of rotatable bonds is 5. The van der Waals surface area contributed by atoms with Gasteiger partial charge in [-0.3, -0.25) is 0 Å². The van der Waals surface area contributed by atoms with E-state index in [-0.39, 0.29) is 16.2 Å². The lowest BCUT2D eigenvalue weighted by Gasteiger charge is -2.22. The van der Waals surface area contributed by atoms with Gasteiger partial charge in [-0.05, 0) is 47.5 Å². The fourth-order valence-corrected chi connectivity index (χ4v) is 7.01. The van der Waals surface area contributed by atoms with Crippen molar-refractivity contribution < 1.29 is 13.5 Å². The van der Waals surface area contributed by atoms with E-state index in [2.05, 4.69) is 27.6 Å². The molecule has 19 heavy (non-hydrogen) atoms. The Bertz CT molecular complexity index is 550. The van der Waals surface area contributed by atoms with Gasteiger partial charge in [-0.2, -0.15) is 11.8 Å². The minimum absolute atomic E-state index is 0.00459. The van der Waals surface area contributed by atoms with Crippen molar-refractivity contribution in [2.75, 3.05) is 12.3 Å². The first-order chi connectivity index (χ1) is 8.86.